The predicted octanol–water partition coefficient (Wildman–Crippen LogP) is 1.98. The number of rotatable bonds is 9. The van der Waals surface area contributed by atoms with Gasteiger partial charge in [0.1, 0.15) is 11.4 Å². The van der Waals surface area contributed by atoms with Crippen LogP contribution in [-0.2, 0) is 19.1 Å². The van der Waals surface area contributed by atoms with Crippen LogP contribution < -0.4 is 20.9 Å². The van der Waals surface area contributed by atoms with Crippen LogP contribution in [0.25, 0.3) is 0 Å². The van der Waals surface area contributed by atoms with E-state index in [1.807, 2.05) is 0 Å². The number of carbonyl (C=O) groups excluding carboxylic acids is 4. The number of hydrogen-bond acceptors (Lipinski definition) is 8. The minimum Gasteiger partial charge on any atom is -0.497 e. The summed E-state index contributed by atoms with van der Waals surface area (Å²) >= 11 is 5.88. The van der Waals surface area contributed by atoms with Gasteiger partial charge in [0, 0.05) is 18.6 Å². The van der Waals surface area contributed by atoms with Crippen LogP contribution in [0, 0.1) is 10.1 Å². The number of nitrogens with one attached hydrogen (secondary N) is 3. The maximum absolute atomic E-state index is 12.0. The predicted molar refractivity (Wildman–Crippen MR) is 116 cm³/mol. The number of anilines is 1. The Morgan fingerprint density at radius 3 is 2.42 bits per heavy atom. The van der Waals surface area contributed by atoms with E-state index in [0.29, 0.717) is 0 Å². The molecule has 0 fully saturated rings. The van der Waals surface area contributed by atoms with Crippen LogP contribution in [0.4, 0.5) is 11.4 Å². The molecule has 0 aliphatic carbocycles. The fraction of sp³-hybridized carbons (Fsp3) is 0.200. The topological polar surface area (TPSA) is 166 Å². The first kappa shape index (κ1) is 25.1. The van der Waals surface area contributed by atoms with Crippen molar-refractivity contribution < 1.29 is 33.6 Å². The van der Waals surface area contributed by atoms with Crippen LogP contribution in [0.3, 0.4) is 0 Å². The highest BCUT2D eigenvalue weighted by Crippen LogP contribution is 2.28. The van der Waals surface area contributed by atoms with E-state index in [-0.39, 0.29) is 40.6 Å². The van der Waals surface area contributed by atoms with Gasteiger partial charge in [-0.3, -0.25) is 40.1 Å². The molecule has 0 atom stereocenters. The first-order valence-electron chi connectivity index (χ1n) is 9.33. The maximum atomic E-state index is 12.0. The summed E-state index contributed by atoms with van der Waals surface area (Å²) in [5.74, 6) is -2.72. The van der Waals surface area contributed by atoms with Gasteiger partial charge in [0.05, 0.1) is 29.0 Å². The summed E-state index contributed by atoms with van der Waals surface area (Å²) in [4.78, 5) is 57.9. The Balaban J connectivity index is 1.75. The first-order valence-corrected chi connectivity index (χ1v) is 9.70. The summed E-state index contributed by atoms with van der Waals surface area (Å²) in [5.41, 5.74) is 3.94. The summed E-state index contributed by atoms with van der Waals surface area (Å²) in [7, 11) is 1.35. The highest BCUT2D eigenvalue weighted by Gasteiger charge is 2.18. The number of carbonyl (C=O) groups is 4. The standard InChI is InChI=1S/C20H19ClN4O8/c1-32-12-6-7-16(25(30)31)15(10-12)22-18(27)11-33-19(28)9-8-17(26)23-24-20(29)13-4-2-3-5-14(13)21/h2-7,10H,8-9,11H2,1H3,(H,22,27)(H,23,26)(H,24,29). The number of hydrogen-bond donors (Lipinski definition) is 3. The molecule has 3 amide bonds. The highest BCUT2D eigenvalue weighted by molar-refractivity contribution is 6.33. The smallest absolute Gasteiger partial charge is 0.306 e. The molecule has 3 N–H and O–H groups in total. The van der Waals surface area contributed by atoms with Gasteiger partial charge >= 0.3 is 5.97 Å². The summed E-state index contributed by atoms with van der Waals surface area (Å²) in [6, 6.07) is 9.98. The van der Waals surface area contributed by atoms with Crippen molar-refractivity contribution in [2.24, 2.45) is 0 Å². The van der Waals surface area contributed by atoms with Gasteiger partial charge in [-0.25, -0.2) is 0 Å². The molecule has 0 spiro atoms. The summed E-state index contributed by atoms with van der Waals surface area (Å²) in [6.07, 6.45) is -0.703. The number of hydrazine groups is 1. The van der Waals surface area contributed by atoms with Crippen molar-refractivity contribution in [2.45, 2.75) is 12.8 Å². The zero-order chi connectivity index (χ0) is 24.4. The van der Waals surface area contributed by atoms with Gasteiger partial charge in [-0.05, 0) is 18.2 Å². The summed E-state index contributed by atoms with van der Waals surface area (Å²) in [5, 5.41) is 13.5. The van der Waals surface area contributed by atoms with Crippen molar-refractivity contribution in [1.29, 1.82) is 0 Å². The molecule has 2 aromatic carbocycles. The molecule has 0 aliphatic rings. The second kappa shape index (κ2) is 12.0. The number of esters is 1. The Kier molecular flexibility index (Phi) is 9.12. The molecule has 0 saturated heterocycles. The van der Waals surface area contributed by atoms with Crippen LogP contribution in [-0.4, -0.2) is 42.3 Å². The lowest BCUT2D eigenvalue weighted by molar-refractivity contribution is -0.383. The number of amides is 3. The van der Waals surface area contributed by atoms with E-state index in [2.05, 4.69) is 16.2 Å². The molecule has 0 radical (unpaired) electrons. The van der Waals surface area contributed by atoms with Crippen molar-refractivity contribution in [2.75, 3.05) is 19.0 Å². The molecule has 0 aliphatic heterocycles. The molecular weight excluding hydrogens is 460 g/mol. The number of halogens is 1. The molecule has 0 heterocycles. The van der Waals surface area contributed by atoms with E-state index in [9.17, 15) is 29.3 Å². The number of ether oxygens (including phenoxy) is 2. The normalized spacial score (nSPS) is 10.0. The quantitative estimate of drug-likeness (QED) is 0.279. The SMILES string of the molecule is COc1ccc([N+](=O)[O-])c(NC(=O)COC(=O)CCC(=O)NNC(=O)c2ccccc2Cl)c1. The maximum Gasteiger partial charge on any atom is 0.306 e. The highest BCUT2D eigenvalue weighted by atomic mass is 35.5. The number of nitro groups is 1. The van der Waals surface area contributed by atoms with Gasteiger partial charge in [0.15, 0.2) is 6.61 Å². The molecule has 0 aromatic heterocycles. The zero-order valence-corrected chi connectivity index (χ0v) is 18.0. The molecule has 33 heavy (non-hydrogen) atoms. The van der Waals surface area contributed by atoms with E-state index in [1.54, 1.807) is 12.1 Å². The van der Waals surface area contributed by atoms with E-state index >= 15 is 0 Å². The van der Waals surface area contributed by atoms with Crippen LogP contribution in [0.15, 0.2) is 42.5 Å². The summed E-state index contributed by atoms with van der Waals surface area (Å²) < 4.78 is 9.72. The van der Waals surface area contributed by atoms with Crippen molar-refractivity contribution in [3.8, 4) is 5.75 Å². The van der Waals surface area contributed by atoms with E-state index < -0.39 is 35.2 Å². The van der Waals surface area contributed by atoms with Crippen molar-refractivity contribution in [3.05, 3.63) is 63.2 Å². The first-order chi connectivity index (χ1) is 15.7. The van der Waals surface area contributed by atoms with Crippen molar-refractivity contribution in [1.82, 2.24) is 10.9 Å². The lowest BCUT2D eigenvalue weighted by Gasteiger charge is -2.09. The third kappa shape index (κ3) is 7.78. The van der Waals surface area contributed by atoms with Crippen molar-refractivity contribution >= 4 is 46.7 Å². The lowest BCUT2D eigenvalue weighted by Crippen LogP contribution is -2.41. The summed E-state index contributed by atoms with van der Waals surface area (Å²) in [6.45, 7) is -0.724. The third-order valence-electron chi connectivity index (χ3n) is 4.03. The Labute approximate surface area is 192 Å². The van der Waals surface area contributed by atoms with Crippen LogP contribution in [0.5, 0.6) is 5.75 Å². The van der Waals surface area contributed by atoms with E-state index in [1.165, 1.54) is 31.4 Å². The monoisotopic (exact) mass is 478 g/mol. The molecule has 13 heteroatoms. The third-order valence-corrected chi connectivity index (χ3v) is 4.36. The molecule has 0 unspecified atom stereocenters. The van der Waals surface area contributed by atoms with Gasteiger partial charge in [0.2, 0.25) is 5.91 Å². The molecule has 174 valence electrons. The molecule has 2 aromatic rings. The molecule has 0 bridgehead atoms. The van der Waals surface area contributed by atoms with Gasteiger partial charge in [-0.15, -0.1) is 0 Å². The Morgan fingerprint density at radius 1 is 1.03 bits per heavy atom. The van der Waals surface area contributed by atoms with E-state index in [4.69, 9.17) is 21.1 Å². The molecule has 12 nitrogen and oxygen atoms in total. The zero-order valence-electron chi connectivity index (χ0n) is 17.3. The number of nitro benzene ring substituents is 1. The molecule has 0 saturated carbocycles. The van der Waals surface area contributed by atoms with Crippen LogP contribution in [0.1, 0.15) is 23.2 Å². The average Bonchev–Trinajstić information content (AvgIpc) is 2.79. The van der Waals surface area contributed by atoms with Gasteiger partial charge in [-0.2, -0.15) is 0 Å². The fourth-order valence-corrected chi connectivity index (χ4v) is 2.64. The minimum absolute atomic E-state index is 0.131. The Morgan fingerprint density at radius 2 is 1.76 bits per heavy atom. The fourth-order valence-electron chi connectivity index (χ4n) is 2.42. The molecule has 2 rings (SSSR count). The largest absolute Gasteiger partial charge is 0.497 e. The van der Waals surface area contributed by atoms with E-state index in [0.717, 1.165) is 6.07 Å². The van der Waals surface area contributed by atoms with Gasteiger partial charge in [0.25, 0.3) is 17.5 Å². The van der Waals surface area contributed by atoms with Crippen LogP contribution >= 0.6 is 11.6 Å². The van der Waals surface area contributed by atoms with Gasteiger partial charge < -0.3 is 14.8 Å². The average molecular weight is 479 g/mol. The number of methoxy groups -OCH3 is 1. The number of benzene rings is 2. The lowest BCUT2D eigenvalue weighted by atomic mass is 10.2. The van der Waals surface area contributed by atoms with Crippen molar-refractivity contribution in [3.63, 3.8) is 0 Å². The second-order valence-electron chi connectivity index (χ2n) is 6.33. The second-order valence-corrected chi connectivity index (χ2v) is 6.74. The minimum atomic E-state index is -0.863. The Bertz CT molecular complexity index is 1080. The van der Waals surface area contributed by atoms with Gasteiger partial charge in [-0.1, -0.05) is 23.7 Å². The van der Waals surface area contributed by atoms with Crippen LogP contribution in [0.2, 0.25) is 5.02 Å². The Hall–Kier alpha value is -4.19. The number of nitrogens with zero attached hydrogens (tertiary/aromatic N) is 1. The molecular formula is C20H19ClN4O8.